The van der Waals surface area contributed by atoms with Gasteiger partial charge in [-0.1, -0.05) is 6.92 Å². The molecule has 22 heavy (non-hydrogen) atoms. The monoisotopic (exact) mass is 322 g/mol. The first kappa shape index (κ1) is 14.7. The quantitative estimate of drug-likeness (QED) is 0.599. The molecule has 0 aromatic heterocycles. The Kier molecular flexibility index (Phi) is 4.00. The van der Waals surface area contributed by atoms with Crippen molar-refractivity contribution in [1.82, 2.24) is 15.1 Å². The number of nitrogens with zero attached hydrogens (tertiary/aromatic N) is 3. The Bertz CT molecular complexity index is 516. The summed E-state index contributed by atoms with van der Waals surface area (Å²) in [5.41, 5.74) is 1.35. The smallest absolute Gasteiger partial charge is 0.148 e. The van der Waals surface area contributed by atoms with Crippen LogP contribution < -0.4 is 5.32 Å². The van der Waals surface area contributed by atoms with E-state index in [-0.39, 0.29) is 10.9 Å². The molecule has 0 radical (unpaired) electrons. The number of aliphatic imine (C=N–C) groups is 1. The number of aldehydes is 1. The number of amidine groups is 1. The second-order valence-corrected chi connectivity index (χ2v) is 9.08. The summed E-state index contributed by atoms with van der Waals surface area (Å²) >= 11 is 0. The van der Waals surface area contributed by atoms with Gasteiger partial charge in [0.25, 0.3) is 0 Å². The van der Waals surface area contributed by atoms with Crippen molar-refractivity contribution in [3.63, 3.8) is 0 Å². The largest absolute Gasteiger partial charge is 0.344 e. The number of hydrogen-bond acceptors (Lipinski definition) is 5. The van der Waals surface area contributed by atoms with Gasteiger partial charge in [-0.3, -0.25) is 4.90 Å². The van der Waals surface area contributed by atoms with Gasteiger partial charge in [0.15, 0.2) is 0 Å². The number of nitrogens with one attached hydrogen (secondary N) is 1. The van der Waals surface area contributed by atoms with Crippen LogP contribution in [0.1, 0.15) is 26.2 Å². The maximum absolute atomic E-state index is 10.8. The minimum Gasteiger partial charge on any atom is -0.344 e. The average Bonchev–Trinajstić information content (AvgIpc) is 3.00. The predicted molar refractivity (Wildman–Crippen MR) is 92.6 cm³/mol. The van der Waals surface area contributed by atoms with Gasteiger partial charge < -0.3 is 15.0 Å². The van der Waals surface area contributed by atoms with Crippen molar-refractivity contribution in [2.24, 2.45) is 4.99 Å². The number of thiol groups is 1. The summed E-state index contributed by atoms with van der Waals surface area (Å²) in [6.07, 6.45) is 4.68. The molecule has 0 aromatic rings. The van der Waals surface area contributed by atoms with Crippen LogP contribution >= 0.6 is 10.9 Å². The van der Waals surface area contributed by atoms with Crippen LogP contribution in [0.4, 0.5) is 0 Å². The second-order valence-electron chi connectivity index (χ2n) is 6.65. The molecule has 2 saturated heterocycles. The van der Waals surface area contributed by atoms with Crippen molar-refractivity contribution >= 4 is 22.3 Å². The lowest BCUT2D eigenvalue weighted by molar-refractivity contribution is -0.108. The molecule has 1 N–H and O–H groups in total. The van der Waals surface area contributed by atoms with Crippen LogP contribution in [0.15, 0.2) is 15.6 Å². The highest BCUT2D eigenvalue weighted by atomic mass is 32.2. The van der Waals surface area contributed by atoms with E-state index in [4.69, 9.17) is 4.99 Å². The fourth-order valence-electron chi connectivity index (χ4n) is 4.35. The third-order valence-electron chi connectivity index (χ3n) is 5.43. The van der Waals surface area contributed by atoms with Gasteiger partial charge in [-0.2, -0.15) is 10.9 Å². The molecule has 6 heteroatoms. The highest BCUT2D eigenvalue weighted by Gasteiger charge is 2.42. The number of carbonyl (C=O) groups excluding carboxylic acids is 1. The lowest BCUT2D eigenvalue weighted by atomic mass is 10.2. The van der Waals surface area contributed by atoms with Gasteiger partial charge in [0.05, 0.1) is 12.2 Å². The molecule has 3 unspecified atom stereocenters. The maximum Gasteiger partial charge on any atom is 0.148 e. The highest BCUT2D eigenvalue weighted by Crippen LogP contribution is 2.50. The average molecular weight is 322 g/mol. The van der Waals surface area contributed by atoms with Crippen molar-refractivity contribution in [3.05, 3.63) is 10.6 Å². The molecule has 122 valence electrons. The number of carbonyl (C=O) groups is 1. The van der Waals surface area contributed by atoms with Crippen LogP contribution in [-0.4, -0.2) is 71.8 Å². The van der Waals surface area contributed by atoms with Gasteiger partial charge in [0.1, 0.15) is 11.5 Å². The minimum atomic E-state index is -0.267. The predicted octanol–water partition coefficient (Wildman–Crippen LogP) is 0.929. The molecule has 2 fully saturated rings. The molecule has 0 spiro atoms. The van der Waals surface area contributed by atoms with E-state index >= 15 is 0 Å². The fourth-order valence-corrected chi connectivity index (χ4v) is 6.95. The van der Waals surface area contributed by atoms with E-state index in [9.17, 15) is 4.79 Å². The number of rotatable bonds is 3. The molecule has 0 amide bonds. The first-order valence-corrected chi connectivity index (χ1v) is 10.1. The van der Waals surface area contributed by atoms with Gasteiger partial charge in [-0.25, -0.2) is 4.99 Å². The van der Waals surface area contributed by atoms with E-state index < -0.39 is 0 Å². The van der Waals surface area contributed by atoms with E-state index in [1.165, 1.54) is 29.5 Å². The van der Waals surface area contributed by atoms with Crippen LogP contribution in [0.5, 0.6) is 0 Å². The molecule has 4 aliphatic heterocycles. The highest BCUT2D eigenvalue weighted by molar-refractivity contribution is 8.33. The molecule has 3 atom stereocenters. The first-order chi connectivity index (χ1) is 10.8. The van der Waals surface area contributed by atoms with Crippen LogP contribution in [0.2, 0.25) is 0 Å². The maximum atomic E-state index is 10.8. The summed E-state index contributed by atoms with van der Waals surface area (Å²) < 4.78 is 0. The number of fused-ring (bicyclic) bond motifs is 2. The van der Waals surface area contributed by atoms with Crippen LogP contribution in [0.25, 0.3) is 0 Å². The van der Waals surface area contributed by atoms with Gasteiger partial charge in [-0.15, -0.1) is 0 Å². The van der Waals surface area contributed by atoms with Crippen LogP contribution in [0.3, 0.4) is 0 Å². The van der Waals surface area contributed by atoms with E-state index in [0.29, 0.717) is 18.6 Å². The first-order valence-electron chi connectivity index (χ1n) is 8.55. The summed E-state index contributed by atoms with van der Waals surface area (Å²) in [5, 5.41) is 4.98. The second kappa shape index (κ2) is 5.98. The number of piperazine rings is 1. The molecule has 4 rings (SSSR count). The summed E-state index contributed by atoms with van der Waals surface area (Å²) in [5.74, 6) is 1.19. The minimum absolute atomic E-state index is 0.267. The fraction of sp³-hybridized carbons (Fsp3) is 0.750. The van der Waals surface area contributed by atoms with E-state index in [0.717, 1.165) is 38.9 Å². The third-order valence-corrected chi connectivity index (χ3v) is 7.93. The standard InChI is InChI=1S/C16H26N4OS/c1-2-22-15-11-19(7-8-21)6-5-14(15)18-16(22)20-12-3-4-13(20)10-17-9-12/h8,12-13,17,22H,2-7,9-11H2,1H3. The van der Waals surface area contributed by atoms with Crippen LogP contribution in [0, 0.1) is 0 Å². The zero-order chi connectivity index (χ0) is 15.1. The van der Waals surface area contributed by atoms with E-state index in [1.807, 2.05) is 0 Å². The van der Waals surface area contributed by atoms with Crippen LogP contribution in [-0.2, 0) is 4.79 Å². The molecule has 0 saturated carbocycles. The van der Waals surface area contributed by atoms with Gasteiger partial charge in [0, 0.05) is 49.6 Å². The molecule has 0 aliphatic carbocycles. The summed E-state index contributed by atoms with van der Waals surface area (Å²) in [7, 11) is -0.267. The lowest BCUT2D eigenvalue weighted by Crippen LogP contribution is -2.54. The Labute approximate surface area is 135 Å². The summed E-state index contributed by atoms with van der Waals surface area (Å²) in [6.45, 7) is 7.05. The Balaban J connectivity index is 1.57. The Morgan fingerprint density at radius 1 is 1.36 bits per heavy atom. The van der Waals surface area contributed by atoms with E-state index in [1.54, 1.807) is 4.91 Å². The van der Waals surface area contributed by atoms with Gasteiger partial charge in [0.2, 0.25) is 0 Å². The summed E-state index contributed by atoms with van der Waals surface area (Å²) in [6, 6.07) is 1.31. The zero-order valence-corrected chi connectivity index (χ0v) is 14.2. The Hall–Kier alpha value is -0.850. The number of hydrogen-bond donors (Lipinski definition) is 2. The van der Waals surface area contributed by atoms with Crippen molar-refractivity contribution in [1.29, 1.82) is 0 Å². The lowest BCUT2D eigenvalue weighted by Gasteiger charge is -2.40. The molecule has 0 aromatic carbocycles. The Morgan fingerprint density at radius 2 is 2.14 bits per heavy atom. The van der Waals surface area contributed by atoms with E-state index in [2.05, 4.69) is 22.0 Å². The Morgan fingerprint density at radius 3 is 2.82 bits per heavy atom. The van der Waals surface area contributed by atoms with Gasteiger partial charge in [-0.05, 0) is 18.6 Å². The molecule has 5 nitrogen and oxygen atoms in total. The molecule has 4 aliphatic rings. The molecular formula is C16H26N4OS. The topological polar surface area (TPSA) is 47.9 Å². The molecular weight excluding hydrogens is 296 g/mol. The van der Waals surface area contributed by atoms with Crippen molar-refractivity contribution in [3.8, 4) is 0 Å². The zero-order valence-electron chi connectivity index (χ0n) is 13.3. The SMILES string of the molecule is CC[SH]1C(N2C3CCC2CNC3)=NC2=C1CN(CC=O)CC2. The van der Waals surface area contributed by atoms with Crippen molar-refractivity contribution in [2.45, 2.75) is 38.3 Å². The van der Waals surface area contributed by atoms with Crippen molar-refractivity contribution in [2.75, 3.05) is 38.5 Å². The third kappa shape index (κ3) is 2.32. The normalized spacial score (nSPS) is 36.5. The van der Waals surface area contributed by atoms with Crippen molar-refractivity contribution < 1.29 is 4.79 Å². The van der Waals surface area contributed by atoms with Gasteiger partial charge >= 0.3 is 0 Å². The molecule has 2 bridgehead atoms. The molecule has 4 heterocycles. The summed E-state index contributed by atoms with van der Waals surface area (Å²) in [4.78, 5) is 22.5.